The Kier molecular flexibility index (Phi) is 9.58. The van der Waals surface area contributed by atoms with Gasteiger partial charge in [-0.15, -0.1) is 21.5 Å². The minimum atomic E-state index is -0.392. The number of benzene rings is 2. The summed E-state index contributed by atoms with van der Waals surface area (Å²) in [7, 11) is 1.38. The van der Waals surface area contributed by atoms with E-state index in [1.807, 2.05) is 66.1 Å². The molecular formula is C30H33N5O4S2. The number of thioether (sulfide) groups is 1. The Hall–Kier alpha value is -3.83. The van der Waals surface area contributed by atoms with E-state index in [-0.39, 0.29) is 12.3 Å². The number of rotatable bonds is 12. The van der Waals surface area contributed by atoms with E-state index in [9.17, 15) is 9.59 Å². The number of para-hydroxylation sites is 1. The molecule has 0 spiro atoms. The monoisotopic (exact) mass is 591 g/mol. The van der Waals surface area contributed by atoms with Crippen molar-refractivity contribution in [2.24, 2.45) is 0 Å². The quantitative estimate of drug-likeness (QED) is 0.150. The van der Waals surface area contributed by atoms with Crippen LogP contribution < -0.4 is 15.4 Å². The summed E-state index contributed by atoms with van der Waals surface area (Å²) in [6.07, 6.45) is 4.16. The number of aromatic nitrogens is 3. The number of carbonyl (C=O) groups is 2. The van der Waals surface area contributed by atoms with Gasteiger partial charge in [0.15, 0.2) is 11.0 Å². The van der Waals surface area contributed by atoms with E-state index in [1.165, 1.54) is 35.1 Å². The molecule has 2 aromatic heterocycles. The molecule has 0 saturated heterocycles. The second kappa shape index (κ2) is 13.7. The van der Waals surface area contributed by atoms with E-state index < -0.39 is 5.97 Å². The number of nitrogens with zero attached hydrogens (tertiary/aromatic N) is 3. The Morgan fingerprint density at radius 1 is 1.05 bits per heavy atom. The second-order valence-corrected chi connectivity index (χ2v) is 11.6. The van der Waals surface area contributed by atoms with Crippen LogP contribution >= 0.6 is 23.1 Å². The van der Waals surface area contributed by atoms with Gasteiger partial charge in [-0.3, -0.25) is 9.36 Å². The molecule has 2 heterocycles. The van der Waals surface area contributed by atoms with Crippen LogP contribution in [0.15, 0.2) is 59.8 Å². The highest BCUT2D eigenvalue weighted by Crippen LogP contribution is 2.38. The molecule has 2 N–H and O–H groups in total. The molecule has 1 aliphatic carbocycles. The van der Waals surface area contributed by atoms with E-state index >= 15 is 0 Å². The summed E-state index contributed by atoms with van der Waals surface area (Å²) in [5.74, 6) is 1.54. The van der Waals surface area contributed by atoms with Crippen molar-refractivity contribution in [3.05, 3.63) is 76.4 Å². The third-order valence-electron chi connectivity index (χ3n) is 6.70. The van der Waals surface area contributed by atoms with Crippen molar-refractivity contribution >= 4 is 45.7 Å². The van der Waals surface area contributed by atoms with Crippen molar-refractivity contribution in [2.45, 2.75) is 50.7 Å². The maximum absolute atomic E-state index is 12.9. The van der Waals surface area contributed by atoms with Crippen LogP contribution in [0.2, 0.25) is 0 Å². The highest BCUT2D eigenvalue weighted by Gasteiger charge is 2.27. The minimum absolute atomic E-state index is 0.149. The van der Waals surface area contributed by atoms with E-state index in [0.29, 0.717) is 34.6 Å². The van der Waals surface area contributed by atoms with Crippen LogP contribution in [0.3, 0.4) is 0 Å². The summed E-state index contributed by atoms with van der Waals surface area (Å²) in [4.78, 5) is 26.6. The van der Waals surface area contributed by atoms with Crippen molar-refractivity contribution in [3.63, 3.8) is 0 Å². The van der Waals surface area contributed by atoms with E-state index in [4.69, 9.17) is 9.47 Å². The lowest BCUT2D eigenvalue weighted by Gasteiger charge is -2.12. The zero-order valence-corrected chi connectivity index (χ0v) is 24.8. The average Bonchev–Trinajstić information content (AvgIpc) is 3.57. The predicted octanol–water partition coefficient (Wildman–Crippen LogP) is 6.13. The molecule has 5 rings (SSSR count). The lowest BCUT2D eigenvalue weighted by atomic mass is 9.95. The molecule has 9 nitrogen and oxygen atoms in total. The maximum Gasteiger partial charge on any atom is 0.341 e. The third-order valence-corrected chi connectivity index (χ3v) is 8.84. The summed E-state index contributed by atoms with van der Waals surface area (Å²) in [6.45, 7) is 3.05. The van der Waals surface area contributed by atoms with E-state index in [0.717, 1.165) is 54.2 Å². The first kappa shape index (κ1) is 28.7. The molecule has 0 fully saturated rings. The molecule has 4 aromatic rings. The van der Waals surface area contributed by atoms with Gasteiger partial charge in [0.1, 0.15) is 10.8 Å². The van der Waals surface area contributed by atoms with Crippen molar-refractivity contribution in [1.82, 2.24) is 14.8 Å². The normalized spacial score (nSPS) is 12.4. The fourth-order valence-electron chi connectivity index (χ4n) is 4.76. The Labute approximate surface area is 247 Å². The van der Waals surface area contributed by atoms with Gasteiger partial charge in [-0.2, -0.15) is 0 Å². The molecule has 214 valence electrons. The number of esters is 1. The zero-order valence-electron chi connectivity index (χ0n) is 23.1. The summed E-state index contributed by atoms with van der Waals surface area (Å²) < 4.78 is 12.6. The third kappa shape index (κ3) is 6.91. The Morgan fingerprint density at radius 3 is 2.59 bits per heavy atom. The largest absolute Gasteiger partial charge is 0.494 e. The number of anilines is 2. The van der Waals surface area contributed by atoms with Gasteiger partial charge in [-0.05, 0) is 74.6 Å². The van der Waals surface area contributed by atoms with Crippen LogP contribution in [-0.4, -0.2) is 46.1 Å². The van der Waals surface area contributed by atoms with Crippen LogP contribution in [0.1, 0.15) is 52.8 Å². The molecule has 0 atom stereocenters. The Balaban J connectivity index is 1.25. The smallest absolute Gasteiger partial charge is 0.341 e. The van der Waals surface area contributed by atoms with Crippen LogP contribution in [-0.2, 0) is 28.9 Å². The maximum atomic E-state index is 12.9. The van der Waals surface area contributed by atoms with Gasteiger partial charge in [0.25, 0.3) is 0 Å². The number of thiophene rings is 1. The first-order valence-electron chi connectivity index (χ1n) is 13.7. The van der Waals surface area contributed by atoms with E-state index in [2.05, 4.69) is 20.8 Å². The van der Waals surface area contributed by atoms with Gasteiger partial charge in [0.05, 0.1) is 25.8 Å². The standard InChI is InChI=1S/C30H33N5O4S2/c1-3-39-22-15-13-20(14-16-22)31-19-25-33-34-30(35(25)21-9-5-4-6-10-21)40-18-17-26(36)32-28-27(29(37)38-2)23-11-7-8-12-24(23)41-28/h4-6,9-10,13-16,31H,3,7-8,11-12,17-19H2,1-2H3,(H,32,36). The number of aryl methyl sites for hydroxylation is 1. The molecule has 2 aromatic carbocycles. The van der Waals surface area contributed by atoms with Gasteiger partial charge < -0.3 is 20.1 Å². The number of carbonyl (C=O) groups excluding carboxylic acids is 2. The highest BCUT2D eigenvalue weighted by atomic mass is 32.2. The van der Waals surface area contributed by atoms with Gasteiger partial charge in [-0.25, -0.2) is 4.79 Å². The molecule has 0 saturated carbocycles. The number of hydrogen-bond acceptors (Lipinski definition) is 9. The molecule has 11 heteroatoms. The van der Waals surface area contributed by atoms with Gasteiger partial charge >= 0.3 is 5.97 Å². The predicted molar refractivity (Wildman–Crippen MR) is 163 cm³/mol. The van der Waals surface area contributed by atoms with Crippen molar-refractivity contribution in [1.29, 1.82) is 0 Å². The second-order valence-electron chi connectivity index (χ2n) is 9.43. The SMILES string of the molecule is CCOc1ccc(NCc2nnc(SCCC(=O)Nc3sc4c(c3C(=O)OC)CCCC4)n2-c2ccccc2)cc1. The van der Waals surface area contributed by atoms with Crippen LogP contribution in [0.25, 0.3) is 5.69 Å². The topological polar surface area (TPSA) is 107 Å². The zero-order chi connectivity index (χ0) is 28.6. The summed E-state index contributed by atoms with van der Waals surface area (Å²) in [6, 6.07) is 17.7. The molecule has 1 amide bonds. The van der Waals surface area contributed by atoms with Crippen molar-refractivity contribution < 1.29 is 19.1 Å². The Bertz CT molecular complexity index is 1480. The molecule has 1 aliphatic rings. The fraction of sp³-hybridized carbons (Fsp3) is 0.333. The molecule has 0 bridgehead atoms. The van der Waals surface area contributed by atoms with E-state index in [1.54, 1.807) is 0 Å². The number of ether oxygens (including phenoxy) is 2. The molecule has 0 radical (unpaired) electrons. The van der Waals surface area contributed by atoms with Gasteiger partial charge in [0.2, 0.25) is 5.91 Å². The number of nitrogens with one attached hydrogen (secondary N) is 2. The number of hydrogen-bond donors (Lipinski definition) is 2. The number of methoxy groups -OCH3 is 1. The molecule has 0 aliphatic heterocycles. The fourth-order valence-corrected chi connectivity index (χ4v) is 6.96. The summed E-state index contributed by atoms with van der Waals surface area (Å²) >= 11 is 2.96. The minimum Gasteiger partial charge on any atom is -0.494 e. The van der Waals surface area contributed by atoms with Crippen molar-refractivity contribution in [2.75, 3.05) is 30.1 Å². The lowest BCUT2D eigenvalue weighted by molar-refractivity contribution is -0.115. The summed E-state index contributed by atoms with van der Waals surface area (Å²) in [5, 5.41) is 16.6. The Morgan fingerprint density at radius 2 is 1.83 bits per heavy atom. The molecule has 0 unspecified atom stereocenters. The lowest BCUT2D eigenvalue weighted by Crippen LogP contribution is -2.15. The molecular weight excluding hydrogens is 558 g/mol. The molecule has 41 heavy (non-hydrogen) atoms. The van der Waals surface area contributed by atoms with Gasteiger partial charge in [-0.1, -0.05) is 30.0 Å². The van der Waals surface area contributed by atoms with Crippen LogP contribution in [0.5, 0.6) is 5.75 Å². The summed E-state index contributed by atoms with van der Waals surface area (Å²) in [5.41, 5.74) is 3.44. The number of fused-ring (bicyclic) bond motifs is 1. The first-order chi connectivity index (χ1) is 20.1. The van der Waals surface area contributed by atoms with Crippen molar-refractivity contribution in [3.8, 4) is 11.4 Å². The van der Waals surface area contributed by atoms with Crippen LogP contribution in [0.4, 0.5) is 10.7 Å². The highest BCUT2D eigenvalue weighted by molar-refractivity contribution is 7.99. The van der Waals surface area contributed by atoms with Crippen LogP contribution in [0, 0.1) is 0 Å². The number of amides is 1. The first-order valence-corrected chi connectivity index (χ1v) is 15.5. The average molecular weight is 592 g/mol. The van der Waals surface area contributed by atoms with Gasteiger partial charge in [0, 0.05) is 28.4 Å².